The Morgan fingerprint density at radius 2 is 1.33 bits per heavy atom. The highest BCUT2D eigenvalue weighted by molar-refractivity contribution is 5.18. The number of hydrogen-bond donors (Lipinski definition) is 2. The Morgan fingerprint density at radius 1 is 1.00 bits per heavy atom. The van der Waals surface area contributed by atoms with E-state index in [1.54, 1.807) is 24.3 Å². The Kier molecular flexibility index (Phi) is 14.3. The normalized spacial score (nSPS) is 7.00. The summed E-state index contributed by atoms with van der Waals surface area (Å²) >= 11 is 0. The van der Waals surface area contributed by atoms with Gasteiger partial charge in [0.2, 0.25) is 0 Å². The minimum atomic E-state index is 0.322. The molecule has 0 aromatic heterocycles. The van der Waals surface area contributed by atoms with Crippen molar-refractivity contribution in [3.63, 3.8) is 0 Å². The van der Waals surface area contributed by atoms with Crippen LogP contribution in [-0.2, 0) is 0 Å². The fraction of sp³-hybridized carbons (Fsp3) is 0.400. The lowest BCUT2D eigenvalue weighted by atomic mass is 10.3. The van der Waals surface area contributed by atoms with E-state index >= 15 is 0 Å². The molecule has 1 rings (SSSR count). The van der Waals surface area contributed by atoms with E-state index in [-0.39, 0.29) is 0 Å². The second-order valence-corrected chi connectivity index (χ2v) is 2.04. The van der Waals surface area contributed by atoms with Gasteiger partial charge in [0, 0.05) is 7.11 Å². The molecular weight excluding hydrogens is 152 g/mol. The number of aliphatic hydroxyl groups excluding tert-OH is 1. The summed E-state index contributed by atoms with van der Waals surface area (Å²) in [6.45, 7) is 4.25. The van der Waals surface area contributed by atoms with Crippen molar-refractivity contribution in [3.05, 3.63) is 30.3 Å². The van der Waals surface area contributed by atoms with Crippen LogP contribution in [0.25, 0.3) is 0 Å². The zero-order valence-electron chi connectivity index (χ0n) is 7.99. The van der Waals surface area contributed by atoms with Crippen molar-refractivity contribution < 1.29 is 10.2 Å². The zero-order valence-corrected chi connectivity index (χ0v) is 7.99. The minimum Gasteiger partial charge on any atom is -0.508 e. The molecule has 12 heavy (non-hydrogen) atoms. The summed E-state index contributed by atoms with van der Waals surface area (Å²) < 4.78 is 0. The molecule has 0 bridgehead atoms. The van der Waals surface area contributed by atoms with E-state index in [9.17, 15) is 0 Å². The molecule has 0 aliphatic rings. The minimum absolute atomic E-state index is 0.322. The van der Waals surface area contributed by atoms with Crippen molar-refractivity contribution in [1.82, 2.24) is 0 Å². The molecule has 2 nitrogen and oxygen atoms in total. The van der Waals surface area contributed by atoms with Crippen molar-refractivity contribution in [2.24, 2.45) is 0 Å². The maximum atomic E-state index is 8.63. The molecule has 0 aliphatic heterocycles. The Bertz CT molecular complexity index is 149. The van der Waals surface area contributed by atoms with Crippen LogP contribution < -0.4 is 0 Å². The first-order chi connectivity index (χ1) is 5.81. The summed E-state index contributed by atoms with van der Waals surface area (Å²) in [5, 5.41) is 15.6. The van der Waals surface area contributed by atoms with Gasteiger partial charge in [-0.3, -0.25) is 0 Å². The molecule has 0 amide bonds. The third-order valence-corrected chi connectivity index (χ3v) is 0.756. The quantitative estimate of drug-likeness (QED) is 0.627. The third kappa shape index (κ3) is 11.7. The molecule has 2 N–H and O–H groups in total. The van der Waals surface area contributed by atoms with E-state index in [1.165, 1.54) is 6.42 Å². The van der Waals surface area contributed by atoms with Gasteiger partial charge in [0.15, 0.2) is 0 Å². The fourth-order valence-corrected chi connectivity index (χ4v) is 0.428. The average molecular weight is 170 g/mol. The van der Waals surface area contributed by atoms with Crippen molar-refractivity contribution in [1.29, 1.82) is 0 Å². The second-order valence-electron chi connectivity index (χ2n) is 2.04. The largest absolute Gasteiger partial charge is 0.508 e. The molecule has 1 aromatic rings. The first-order valence-corrected chi connectivity index (χ1v) is 4.00. The van der Waals surface area contributed by atoms with E-state index in [1.807, 2.05) is 6.07 Å². The topological polar surface area (TPSA) is 40.5 Å². The van der Waals surface area contributed by atoms with Crippen LogP contribution >= 0.6 is 0 Å². The van der Waals surface area contributed by atoms with E-state index in [2.05, 4.69) is 13.8 Å². The van der Waals surface area contributed by atoms with Gasteiger partial charge >= 0.3 is 0 Å². The maximum absolute atomic E-state index is 8.63. The summed E-state index contributed by atoms with van der Waals surface area (Å²) in [6, 6.07) is 8.71. The first-order valence-electron chi connectivity index (χ1n) is 4.00. The van der Waals surface area contributed by atoms with Crippen LogP contribution in [0.2, 0.25) is 0 Å². The van der Waals surface area contributed by atoms with E-state index < -0.39 is 0 Å². The molecule has 0 spiro atoms. The number of aliphatic hydroxyl groups is 1. The van der Waals surface area contributed by atoms with Gasteiger partial charge in [-0.05, 0) is 12.1 Å². The van der Waals surface area contributed by atoms with Crippen molar-refractivity contribution in [3.8, 4) is 5.75 Å². The van der Waals surface area contributed by atoms with Crippen LogP contribution in [-0.4, -0.2) is 17.3 Å². The average Bonchev–Trinajstić information content (AvgIpc) is 2.11. The molecule has 0 saturated heterocycles. The van der Waals surface area contributed by atoms with Gasteiger partial charge < -0.3 is 10.2 Å². The highest BCUT2D eigenvalue weighted by atomic mass is 16.3. The molecule has 0 saturated carbocycles. The van der Waals surface area contributed by atoms with Gasteiger partial charge in [-0.25, -0.2) is 0 Å². The summed E-state index contributed by atoms with van der Waals surface area (Å²) in [6.07, 6.45) is 1.25. The van der Waals surface area contributed by atoms with Crippen LogP contribution in [0.5, 0.6) is 5.75 Å². The summed E-state index contributed by atoms with van der Waals surface area (Å²) in [7, 11) is 1.00. The van der Waals surface area contributed by atoms with Gasteiger partial charge in [-0.1, -0.05) is 38.5 Å². The number of rotatable bonds is 0. The SMILES string of the molecule is CCC.CO.Oc1ccccc1. The molecule has 0 unspecified atom stereocenters. The van der Waals surface area contributed by atoms with Crippen LogP contribution in [0.15, 0.2) is 30.3 Å². The maximum Gasteiger partial charge on any atom is 0.115 e. The Labute approximate surface area is 74.5 Å². The molecule has 70 valence electrons. The highest BCUT2D eigenvalue weighted by Crippen LogP contribution is 2.02. The van der Waals surface area contributed by atoms with E-state index in [0.717, 1.165) is 7.11 Å². The highest BCUT2D eigenvalue weighted by Gasteiger charge is 1.74. The Morgan fingerprint density at radius 3 is 1.50 bits per heavy atom. The smallest absolute Gasteiger partial charge is 0.115 e. The van der Waals surface area contributed by atoms with Gasteiger partial charge in [0.1, 0.15) is 5.75 Å². The monoisotopic (exact) mass is 170 g/mol. The van der Waals surface area contributed by atoms with Crippen LogP contribution in [0.4, 0.5) is 0 Å². The van der Waals surface area contributed by atoms with Crippen molar-refractivity contribution >= 4 is 0 Å². The standard InChI is InChI=1S/C6H6O.C3H8.CH4O/c7-6-4-2-1-3-5-6;1-3-2;1-2/h1-5,7H;3H2,1-2H3;2H,1H3. The number of phenols is 1. The third-order valence-electron chi connectivity index (χ3n) is 0.756. The lowest BCUT2D eigenvalue weighted by molar-refractivity contribution is 0.399. The summed E-state index contributed by atoms with van der Waals surface area (Å²) in [5.74, 6) is 0.322. The number of aromatic hydroxyl groups is 1. The molecule has 1 aromatic carbocycles. The van der Waals surface area contributed by atoms with Gasteiger partial charge in [-0.15, -0.1) is 0 Å². The van der Waals surface area contributed by atoms with Gasteiger partial charge in [0.05, 0.1) is 0 Å². The van der Waals surface area contributed by atoms with Gasteiger partial charge in [0.25, 0.3) is 0 Å². The van der Waals surface area contributed by atoms with E-state index in [4.69, 9.17) is 10.2 Å². The molecule has 0 radical (unpaired) electrons. The number of benzene rings is 1. The lowest BCUT2D eigenvalue weighted by Crippen LogP contribution is -1.56. The first kappa shape index (κ1) is 13.6. The summed E-state index contributed by atoms with van der Waals surface area (Å²) in [4.78, 5) is 0. The van der Waals surface area contributed by atoms with Crippen LogP contribution in [0, 0.1) is 0 Å². The molecule has 0 fully saturated rings. The number of para-hydroxylation sites is 1. The second kappa shape index (κ2) is 12.6. The zero-order chi connectivity index (χ0) is 9.82. The molecule has 0 aliphatic carbocycles. The van der Waals surface area contributed by atoms with Crippen molar-refractivity contribution in [2.75, 3.05) is 7.11 Å². The van der Waals surface area contributed by atoms with Crippen LogP contribution in [0.3, 0.4) is 0 Å². The van der Waals surface area contributed by atoms with E-state index in [0.29, 0.717) is 5.75 Å². The van der Waals surface area contributed by atoms with Gasteiger partial charge in [-0.2, -0.15) is 0 Å². The Balaban J connectivity index is 0. The molecule has 0 heterocycles. The lowest BCUT2D eigenvalue weighted by Gasteiger charge is -1.82. The molecule has 0 atom stereocenters. The predicted molar refractivity (Wildman–Crippen MR) is 52.2 cm³/mol. The van der Waals surface area contributed by atoms with Crippen LogP contribution in [0.1, 0.15) is 20.3 Å². The predicted octanol–water partition coefficient (Wildman–Crippen LogP) is 2.42. The number of hydrogen-bond acceptors (Lipinski definition) is 2. The Hall–Kier alpha value is -1.02. The molecule has 2 heteroatoms. The number of phenolic OH excluding ortho intramolecular Hbond substituents is 1. The fourth-order valence-electron chi connectivity index (χ4n) is 0.428. The molecular formula is C10H18O2. The summed E-state index contributed by atoms with van der Waals surface area (Å²) in [5.41, 5.74) is 0. The van der Waals surface area contributed by atoms with Crippen molar-refractivity contribution in [2.45, 2.75) is 20.3 Å².